The minimum atomic E-state index is -0.612. The Hall–Kier alpha value is -3.03. The number of esters is 1. The predicted molar refractivity (Wildman–Crippen MR) is 126 cm³/mol. The highest BCUT2D eigenvalue weighted by Gasteiger charge is 2.33. The Balaban J connectivity index is 1.93. The van der Waals surface area contributed by atoms with Gasteiger partial charge in [-0.05, 0) is 36.3 Å². The molecule has 1 aliphatic rings. The van der Waals surface area contributed by atoms with Crippen molar-refractivity contribution in [1.29, 1.82) is 0 Å². The Bertz CT molecular complexity index is 1370. The molecule has 2 aromatic carbocycles. The van der Waals surface area contributed by atoms with Crippen LogP contribution in [-0.2, 0) is 9.53 Å². The van der Waals surface area contributed by atoms with Crippen LogP contribution in [-0.4, -0.2) is 17.1 Å². The van der Waals surface area contributed by atoms with Crippen LogP contribution in [0.15, 0.2) is 92.8 Å². The summed E-state index contributed by atoms with van der Waals surface area (Å²) in [5, 5.41) is 0. The summed E-state index contributed by atoms with van der Waals surface area (Å²) in [4.78, 5) is 31.5. The van der Waals surface area contributed by atoms with Crippen molar-refractivity contribution < 1.29 is 9.53 Å². The molecule has 0 bridgehead atoms. The molecule has 0 saturated carbocycles. The topological polar surface area (TPSA) is 60.7 Å². The average molecular weight is 495 g/mol. The van der Waals surface area contributed by atoms with E-state index in [1.165, 1.54) is 17.4 Å². The van der Waals surface area contributed by atoms with Crippen molar-refractivity contribution >= 4 is 39.3 Å². The van der Waals surface area contributed by atoms with Crippen LogP contribution >= 0.6 is 27.3 Å². The second kappa shape index (κ2) is 8.99. The molecule has 1 atom stereocenters. The van der Waals surface area contributed by atoms with Crippen molar-refractivity contribution in [1.82, 2.24) is 4.57 Å². The molecule has 0 saturated heterocycles. The first kappa shape index (κ1) is 21.2. The number of nitrogens with zero attached hydrogens (tertiary/aromatic N) is 2. The fraction of sp³-hybridized carbons (Fsp3) is 0.125. The van der Waals surface area contributed by atoms with Gasteiger partial charge in [0.05, 0.1) is 21.8 Å². The number of rotatable bonds is 5. The van der Waals surface area contributed by atoms with E-state index in [1.54, 1.807) is 11.5 Å². The molecular formula is C24H19BrN2O3S. The molecule has 7 heteroatoms. The quantitative estimate of drug-likeness (QED) is 0.401. The van der Waals surface area contributed by atoms with E-state index in [9.17, 15) is 9.59 Å². The van der Waals surface area contributed by atoms with E-state index in [4.69, 9.17) is 4.74 Å². The van der Waals surface area contributed by atoms with Gasteiger partial charge in [-0.15, -0.1) is 0 Å². The molecule has 5 nitrogen and oxygen atoms in total. The Morgan fingerprint density at radius 3 is 2.74 bits per heavy atom. The molecule has 1 aromatic heterocycles. The van der Waals surface area contributed by atoms with Crippen molar-refractivity contribution in [2.75, 3.05) is 6.61 Å². The molecule has 0 unspecified atom stereocenters. The maximum absolute atomic E-state index is 13.5. The van der Waals surface area contributed by atoms with Crippen LogP contribution in [0, 0.1) is 0 Å². The Labute approximate surface area is 191 Å². The number of carbonyl (C=O) groups excluding carboxylic acids is 1. The molecule has 3 aromatic rings. The average Bonchev–Trinajstić information content (AvgIpc) is 3.06. The second-order valence-electron chi connectivity index (χ2n) is 6.93. The summed E-state index contributed by atoms with van der Waals surface area (Å²) < 4.78 is 8.39. The number of benzene rings is 2. The standard InChI is InChI=1S/C24H19BrN2O3S/c1-3-12-30-23(29)20-15(2)26-24-27(21(20)17-9-5-4-6-10-17)22(28)19(31-24)14-16-8-7-11-18(25)13-16/h3-11,13-14,21H,1,12H2,2H3/b19-14-/t21-/m0/s1. The number of hydrogen-bond acceptors (Lipinski definition) is 5. The summed E-state index contributed by atoms with van der Waals surface area (Å²) in [5.41, 5.74) is 2.42. The summed E-state index contributed by atoms with van der Waals surface area (Å²) in [6, 6.07) is 16.6. The van der Waals surface area contributed by atoms with Crippen LogP contribution in [0.5, 0.6) is 0 Å². The molecule has 0 aliphatic carbocycles. The molecule has 31 heavy (non-hydrogen) atoms. The number of thiazole rings is 1. The van der Waals surface area contributed by atoms with E-state index in [2.05, 4.69) is 27.5 Å². The van der Waals surface area contributed by atoms with E-state index >= 15 is 0 Å². The number of carbonyl (C=O) groups is 1. The monoisotopic (exact) mass is 494 g/mol. The third-order valence-electron chi connectivity index (χ3n) is 4.84. The summed E-state index contributed by atoms with van der Waals surface area (Å²) in [6.45, 7) is 5.45. The molecule has 0 N–H and O–H groups in total. The van der Waals surface area contributed by atoms with Crippen molar-refractivity contribution in [3.05, 3.63) is 114 Å². The van der Waals surface area contributed by atoms with Crippen molar-refractivity contribution in [3.8, 4) is 0 Å². The first-order valence-corrected chi connectivity index (χ1v) is 11.2. The Morgan fingerprint density at radius 1 is 1.26 bits per heavy atom. The molecule has 0 radical (unpaired) electrons. The highest BCUT2D eigenvalue weighted by molar-refractivity contribution is 9.10. The van der Waals surface area contributed by atoms with Gasteiger partial charge in [0.15, 0.2) is 4.80 Å². The van der Waals surface area contributed by atoms with Crippen molar-refractivity contribution in [2.24, 2.45) is 4.99 Å². The third-order valence-corrected chi connectivity index (χ3v) is 6.31. The molecule has 1 aliphatic heterocycles. The van der Waals surface area contributed by atoms with Gasteiger partial charge < -0.3 is 4.74 Å². The summed E-state index contributed by atoms with van der Waals surface area (Å²) in [6.07, 6.45) is 3.35. The Morgan fingerprint density at radius 2 is 2.03 bits per heavy atom. The number of fused-ring (bicyclic) bond motifs is 1. The molecular weight excluding hydrogens is 476 g/mol. The second-order valence-corrected chi connectivity index (χ2v) is 8.86. The molecule has 4 rings (SSSR count). The lowest BCUT2D eigenvalue weighted by Crippen LogP contribution is -2.39. The zero-order chi connectivity index (χ0) is 22.0. The fourth-order valence-electron chi connectivity index (χ4n) is 3.49. The smallest absolute Gasteiger partial charge is 0.338 e. The number of halogens is 1. The molecule has 0 fully saturated rings. The van der Waals surface area contributed by atoms with Gasteiger partial charge in [0.2, 0.25) is 0 Å². The summed E-state index contributed by atoms with van der Waals surface area (Å²) in [5.74, 6) is -0.503. The maximum Gasteiger partial charge on any atom is 0.338 e. The van der Waals surface area contributed by atoms with Crippen molar-refractivity contribution in [2.45, 2.75) is 13.0 Å². The Kier molecular flexibility index (Phi) is 6.15. The van der Waals surface area contributed by atoms with Gasteiger partial charge in [0.1, 0.15) is 6.61 Å². The molecule has 0 amide bonds. The minimum absolute atomic E-state index is 0.0877. The van der Waals surface area contributed by atoms with Crippen LogP contribution in [0.25, 0.3) is 6.08 Å². The molecule has 156 valence electrons. The van der Waals surface area contributed by atoms with E-state index < -0.39 is 12.0 Å². The highest BCUT2D eigenvalue weighted by Crippen LogP contribution is 2.30. The van der Waals surface area contributed by atoms with Crippen LogP contribution in [0.4, 0.5) is 0 Å². The van der Waals surface area contributed by atoms with E-state index in [1.807, 2.05) is 60.7 Å². The van der Waals surface area contributed by atoms with Gasteiger partial charge in [-0.3, -0.25) is 9.36 Å². The van der Waals surface area contributed by atoms with E-state index in [-0.39, 0.29) is 12.2 Å². The zero-order valence-electron chi connectivity index (χ0n) is 16.7. The molecule has 0 spiro atoms. The first-order valence-electron chi connectivity index (χ1n) is 9.60. The van der Waals surface area contributed by atoms with Crippen molar-refractivity contribution in [3.63, 3.8) is 0 Å². The number of ether oxygens (including phenoxy) is 1. The first-order chi connectivity index (χ1) is 15.0. The summed E-state index contributed by atoms with van der Waals surface area (Å²) in [7, 11) is 0. The minimum Gasteiger partial charge on any atom is -0.458 e. The lowest BCUT2D eigenvalue weighted by atomic mass is 9.96. The summed E-state index contributed by atoms with van der Waals surface area (Å²) >= 11 is 4.77. The van der Waals surface area contributed by atoms with Gasteiger partial charge in [-0.25, -0.2) is 9.79 Å². The largest absolute Gasteiger partial charge is 0.458 e. The van der Waals surface area contributed by atoms with E-state index in [0.717, 1.165) is 15.6 Å². The number of aromatic nitrogens is 1. The number of hydrogen-bond donors (Lipinski definition) is 0. The normalized spacial score (nSPS) is 15.9. The number of allylic oxidation sites excluding steroid dienone is 1. The fourth-order valence-corrected chi connectivity index (χ4v) is 4.96. The van der Waals surface area contributed by atoms with Gasteiger partial charge >= 0.3 is 5.97 Å². The molecule has 2 heterocycles. The van der Waals surface area contributed by atoms with Crippen LogP contribution in [0.2, 0.25) is 0 Å². The van der Waals surface area contributed by atoms with Crippen LogP contribution < -0.4 is 14.9 Å². The maximum atomic E-state index is 13.5. The van der Waals surface area contributed by atoms with Gasteiger partial charge in [-0.1, -0.05) is 82.4 Å². The van der Waals surface area contributed by atoms with Crippen LogP contribution in [0.3, 0.4) is 0 Å². The van der Waals surface area contributed by atoms with Gasteiger partial charge in [-0.2, -0.15) is 0 Å². The SMILES string of the molecule is C=CCOC(=O)C1=C(C)N=c2s/c(=C\c3cccc(Br)c3)c(=O)n2[C@H]1c1ccccc1. The van der Waals surface area contributed by atoms with Crippen LogP contribution in [0.1, 0.15) is 24.1 Å². The zero-order valence-corrected chi connectivity index (χ0v) is 19.2. The van der Waals surface area contributed by atoms with E-state index in [0.29, 0.717) is 20.6 Å². The highest BCUT2D eigenvalue weighted by atomic mass is 79.9. The lowest BCUT2D eigenvalue weighted by Gasteiger charge is -2.24. The lowest BCUT2D eigenvalue weighted by molar-refractivity contribution is -0.138. The van der Waals surface area contributed by atoms with Gasteiger partial charge in [0, 0.05) is 4.47 Å². The third kappa shape index (κ3) is 4.24. The van der Waals surface area contributed by atoms with Gasteiger partial charge in [0.25, 0.3) is 5.56 Å². The predicted octanol–water partition coefficient (Wildman–Crippen LogP) is 3.73.